The largest absolute Gasteiger partial charge is 0.489 e. The van der Waals surface area contributed by atoms with Crippen LogP contribution in [0.15, 0.2) is 72.0 Å². The molecule has 1 atom stereocenters. The number of nitrogens with one attached hydrogen (secondary N) is 1. The Labute approximate surface area is 184 Å². The monoisotopic (exact) mass is 417 g/mol. The van der Waals surface area contributed by atoms with Crippen molar-refractivity contribution in [2.45, 2.75) is 25.4 Å². The molecule has 6 nitrogen and oxygen atoms in total. The van der Waals surface area contributed by atoms with E-state index in [4.69, 9.17) is 4.74 Å². The Morgan fingerprint density at radius 3 is 2.65 bits per heavy atom. The van der Waals surface area contributed by atoms with Crippen LogP contribution >= 0.6 is 0 Å². The van der Waals surface area contributed by atoms with E-state index in [-0.39, 0.29) is 0 Å². The van der Waals surface area contributed by atoms with Gasteiger partial charge >= 0.3 is 0 Å². The van der Waals surface area contributed by atoms with Gasteiger partial charge in [-0.1, -0.05) is 42.5 Å². The average Bonchev–Trinajstić information content (AvgIpc) is 3.46. The number of hydrogen-bond acceptors (Lipinski definition) is 3. The fraction of sp³-hybridized carbons (Fsp3) is 0.360. The van der Waals surface area contributed by atoms with E-state index in [1.165, 1.54) is 16.7 Å². The maximum atomic E-state index is 5.88. The van der Waals surface area contributed by atoms with Crippen LogP contribution in [0.25, 0.3) is 0 Å². The number of guanidine groups is 1. The summed E-state index contributed by atoms with van der Waals surface area (Å²) in [6.07, 6.45) is 6.18. The van der Waals surface area contributed by atoms with Crippen LogP contribution in [0.2, 0.25) is 0 Å². The van der Waals surface area contributed by atoms with Crippen molar-refractivity contribution < 1.29 is 4.74 Å². The van der Waals surface area contributed by atoms with Crippen LogP contribution in [0.5, 0.6) is 5.75 Å². The molecule has 0 bridgehead atoms. The number of aromatic nitrogens is 2. The molecule has 1 unspecified atom stereocenters. The second kappa shape index (κ2) is 10.2. The van der Waals surface area contributed by atoms with E-state index in [1.807, 2.05) is 55.3 Å². The maximum Gasteiger partial charge on any atom is 0.193 e. The predicted molar refractivity (Wildman–Crippen MR) is 124 cm³/mol. The molecule has 6 heteroatoms. The van der Waals surface area contributed by atoms with Crippen molar-refractivity contribution in [3.05, 3.63) is 83.7 Å². The summed E-state index contributed by atoms with van der Waals surface area (Å²) < 4.78 is 7.75. The van der Waals surface area contributed by atoms with E-state index in [1.54, 1.807) is 0 Å². The number of nitrogens with zero attached hydrogens (tertiary/aromatic N) is 4. The van der Waals surface area contributed by atoms with Crippen molar-refractivity contribution in [2.75, 3.05) is 26.7 Å². The van der Waals surface area contributed by atoms with E-state index >= 15 is 0 Å². The molecule has 162 valence electrons. The molecule has 1 N–H and O–H groups in total. The first-order valence-electron chi connectivity index (χ1n) is 10.9. The van der Waals surface area contributed by atoms with E-state index < -0.39 is 0 Å². The van der Waals surface area contributed by atoms with Crippen molar-refractivity contribution in [1.82, 2.24) is 20.0 Å². The Bertz CT molecular complexity index is 981. The third-order valence-electron chi connectivity index (χ3n) is 5.76. The lowest BCUT2D eigenvalue weighted by Crippen LogP contribution is -2.40. The second-order valence-corrected chi connectivity index (χ2v) is 8.02. The minimum absolute atomic E-state index is 0.524. The van der Waals surface area contributed by atoms with Gasteiger partial charge in [0.15, 0.2) is 5.96 Å². The Morgan fingerprint density at radius 1 is 1.13 bits per heavy atom. The standard InChI is InChI=1S/C25H31N5O/c1-26-25(30-15-13-22(18-30)23-16-28-29(2)17-23)27-14-12-20-8-10-24(11-9-20)31-19-21-6-4-3-5-7-21/h3-11,16-17,22H,12-15,18-19H2,1-2H3,(H,26,27). The lowest BCUT2D eigenvalue weighted by atomic mass is 10.0. The Morgan fingerprint density at radius 2 is 1.94 bits per heavy atom. The number of benzene rings is 2. The lowest BCUT2D eigenvalue weighted by molar-refractivity contribution is 0.306. The molecule has 0 amide bonds. The first-order chi connectivity index (χ1) is 15.2. The molecule has 1 aromatic heterocycles. The quantitative estimate of drug-likeness (QED) is 0.471. The smallest absolute Gasteiger partial charge is 0.193 e. The van der Waals surface area contributed by atoms with Gasteiger partial charge in [-0.3, -0.25) is 9.67 Å². The van der Waals surface area contributed by atoms with E-state index in [9.17, 15) is 0 Å². The van der Waals surface area contributed by atoms with Crippen LogP contribution in [0, 0.1) is 0 Å². The maximum absolute atomic E-state index is 5.88. The third kappa shape index (κ3) is 5.66. The molecule has 0 aliphatic carbocycles. The third-order valence-corrected chi connectivity index (χ3v) is 5.76. The van der Waals surface area contributed by atoms with Crippen LogP contribution in [0.4, 0.5) is 0 Å². The van der Waals surface area contributed by atoms with Crippen molar-refractivity contribution in [3.8, 4) is 5.75 Å². The van der Waals surface area contributed by atoms with Gasteiger partial charge in [0.25, 0.3) is 0 Å². The summed E-state index contributed by atoms with van der Waals surface area (Å²) in [5, 5.41) is 7.83. The molecule has 4 rings (SSSR count). The minimum Gasteiger partial charge on any atom is -0.489 e. The molecule has 31 heavy (non-hydrogen) atoms. The van der Waals surface area contributed by atoms with Crippen molar-refractivity contribution >= 4 is 5.96 Å². The summed E-state index contributed by atoms with van der Waals surface area (Å²) in [7, 11) is 3.83. The fourth-order valence-electron chi connectivity index (χ4n) is 4.02. The molecule has 0 radical (unpaired) electrons. The number of ether oxygens (including phenoxy) is 1. The Balaban J connectivity index is 1.22. The van der Waals surface area contributed by atoms with Gasteiger partial charge < -0.3 is 15.0 Å². The van der Waals surface area contributed by atoms with Gasteiger partial charge in [-0.25, -0.2) is 0 Å². The molecule has 2 aromatic carbocycles. The molecule has 1 aliphatic heterocycles. The minimum atomic E-state index is 0.524. The van der Waals surface area contributed by atoms with E-state index in [0.29, 0.717) is 12.5 Å². The Hall–Kier alpha value is -3.28. The molecule has 1 aliphatic rings. The number of hydrogen-bond donors (Lipinski definition) is 1. The molecule has 1 fully saturated rings. The zero-order valence-corrected chi connectivity index (χ0v) is 18.4. The number of rotatable bonds is 7. The van der Waals surface area contributed by atoms with E-state index in [0.717, 1.165) is 44.2 Å². The van der Waals surface area contributed by atoms with Crippen LogP contribution < -0.4 is 10.1 Å². The predicted octanol–water partition coefficient (Wildman–Crippen LogP) is 3.61. The van der Waals surface area contributed by atoms with Gasteiger partial charge in [-0.15, -0.1) is 0 Å². The van der Waals surface area contributed by atoms with Crippen LogP contribution in [-0.4, -0.2) is 47.3 Å². The summed E-state index contributed by atoms with van der Waals surface area (Å²) in [5.74, 6) is 2.40. The van der Waals surface area contributed by atoms with Gasteiger partial charge in [0, 0.05) is 45.8 Å². The average molecular weight is 418 g/mol. The van der Waals surface area contributed by atoms with Gasteiger partial charge in [-0.05, 0) is 41.7 Å². The Kier molecular flexibility index (Phi) is 6.87. The molecule has 1 saturated heterocycles. The van der Waals surface area contributed by atoms with Crippen molar-refractivity contribution in [1.29, 1.82) is 0 Å². The van der Waals surface area contributed by atoms with Crippen LogP contribution in [0.3, 0.4) is 0 Å². The summed E-state index contributed by atoms with van der Waals surface area (Å²) >= 11 is 0. The highest BCUT2D eigenvalue weighted by Gasteiger charge is 2.26. The molecular formula is C25H31N5O. The number of aliphatic imine (C=N–C) groups is 1. The fourth-order valence-corrected chi connectivity index (χ4v) is 4.02. The van der Waals surface area contributed by atoms with Crippen LogP contribution in [0.1, 0.15) is 29.0 Å². The SMILES string of the molecule is CN=C(NCCc1ccc(OCc2ccccc2)cc1)N1CCC(c2cnn(C)c2)C1. The second-order valence-electron chi connectivity index (χ2n) is 8.02. The molecular weight excluding hydrogens is 386 g/mol. The summed E-state index contributed by atoms with van der Waals surface area (Å²) in [5.41, 5.74) is 3.77. The highest BCUT2D eigenvalue weighted by molar-refractivity contribution is 5.80. The number of aryl methyl sites for hydroxylation is 1. The first kappa shape index (κ1) is 21.0. The number of likely N-dealkylation sites (tertiary alicyclic amines) is 1. The molecule has 0 saturated carbocycles. The first-order valence-corrected chi connectivity index (χ1v) is 10.9. The highest BCUT2D eigenvalue weighted by atomic mass is 16.5. The summed E-state index contributed by atoms with van der Waals surface area (Å²) in [4.78, 5) is 6.84. The zero-order chi connectivity index (χ0) is 21.5. The van der Waals surface area contributed by atoms with Crippen molar-refractivity contribution in [3.63, 3.8) is 0 Å². The summed E-state index contributed by atoms with van der Waals surface area (Å²) in [6.45, 7) is 3.45. The molecule has 2 heterocycles. The lowest BCUT2D eigenvalue weighted by Gasteiger charge is -2.21. The van der Waals surface area contributed by atoms with Gasteiger partial charge in [0.1, 0.15) is 12.4 Å². The normalized spacial score (nSPS) is 16.5. The summed E-state index contributed by atoms with van der Waals surface area (Å²) in [6, 6.07) is 18.6. The van der Waals surface area contributed by atoms with Gasteiger partial charge in [0.05, 0.1) is 6.20 Å². The molecule has 0 spiro atoms. The molecule has 3 aromatic rings. The topological polar surface area (TPSA) is 54.7 Å². The van der Waals surface area contributed by atoms with Gasteiger partial charge in [0.2, 0.25) is 0 Å². The van der Waals surface area contributed by atoms with Gasteiger partial charge in [-0.2, -0.15) is 5.10 Å². The van der Waals surface area contributed by atoms with Crippen molar-refractivity contribution in [2.24, 2.45) is 12.0 Å². The van der Waals surface area contributed by atoms with E-state index in [2.05, 4.69) is 50.8 Å². The zero-order valence-electron chi connectivity index (χ0n) is 18.4. The highest BCUT2D eigenvalue weighted by Crippen LogP contribution is 2.26. The van der Waals surface area contributed by atoms with Crippen LogP contribution in [-0.2, 0) is 20.1 Å².